The molecule has 1 aromatic heterocycles. The molecule has 1 aliphatic carbocycles. The van der Waals surface area contributed by atoms with Gasteiger partial charge in [0.15, 0.2) is 0 Å². The van der Waals surface area contributed by atoms with Gasteiger partial charge in [0.25, 0.3) is 0 Å². The van der Waals surface area contributed by atoms with Crippen molar-refractivity contribution in [2.45, 2.75) is 38.3 Å². The molecule has 6 heteroatoms. The minimum atomic E-state index is -0.230. The fraction of sp³-hybridized carbons (Fsp3) is 0.538. The number of methoxy groups -OCH3 is 1. The van der Waals surface area contributed by atoms with E-state index in [1.54, 1.807) is 13.3 Å². The Labute approximate surface area is 121 Å². The zero-order valence-electron chi connectivity index (χ0n) is 11.1. The highest BCUT2D eigenvalue weighted by Gasteiger charge is 2.28. The van der Waals surface area contributed by atoms with Crippen molar-refractivity contribution in [3.63, 3.8) is 0 Å². The van der Waals surface area contributed by atoms with Gasteiger partial charge in [-0.15, -0.1) is 0 Å². The van der Waals surface area contributed by atoms with Crippen LogP contribution in [-0.4, -0.2) is 30.3 Å². The maximum atomic E-state index is 11.9. The Morgan fingerprint density at radius 1 is 1.53 bits per heavy atom. The summed E-state index contributed by atoms with van der Waals surface area (Å²) in [6.07, 6.45) is 4.81. The third-order valence-electron chi connectivity index (χ3n) is 3.35. The molecule has 2 atom stereocenters. The highest BCUT2D eigenvalue weighted by Crippen LogP contribution is 2.22. The predicted octanol–water partition coefficient (Wildman–Crippen LogP) is 2.84. The average molecular weight is 328 g/mol. The van der Waals surface area contributed by atoms with Crippen LogP contribution in [0.4, 0.5) is 10.6 Å². The quantitative estimate of drug-likeness (QED) is 0.897. The summed E-state index contributed by atoms with van der Waals surface area (Å²) in [4.78, 5) is 16.1. The van der Waals surface area contributed by atoms with Crippen LogP contribution in [0.3, 0.4) is 0 Å². The number of anilines is 1. The Bertz CT molecular complexity index is 467. The summed E-state index contributed by atoms with van der Waals surface area (Å²) < 4.78 is 6.24. The molecule has 1 aromatic rings. The number of urea groups is 1. The minimum absolute atomic E-state index is 0.0840. The monoisotopic (exact) mass is 327 g/mol. The van der Waals surface area contributed by atoms with E-state index in [0.717, 1.165) is 29.3 Å². The molecule has 0 aromatic carbocycles. The summed E-state index contributed by atoms with van der Waals surface area (Å²) in [7, 11) is 1.68. The predicted molar refractivity (Wildman–Crippen MR) is 77.3 cm³/mol. The minimum Gasteiger partial charge on any atom is -0.379 e. The van der Waals surface area contributed by atoms with Crippen molar-refractivity contribution in [3.05, 3.63) is 22.3 Å². The van der Waals surface area contributed by atoms with E-state index in [1.165, 1.54) is 0 Å². The van der Waals surface area contributed by atoms with E-state index < -0.39 is 0 Å². The van der Waals surface area contributed by atoms with Crippen LogP contribution in [0.25, 0.3) is 0 Å². The lowest BCUT2D eigenvalue weighted by atomic mass is 10.2. The number of carbonyl (C=O) groups is 1. The molecule has 0 spiro atoms. The van der Waals surface area contributed by atoms with Crippen LogP contribution < -0.4 is 10.6 Å². The van der Waals surface area contributed by atoms with Gasteiger partial charge >= 0.3 is 6.03 Å². The zero-order valence-corrected chi connectivity index (χ0v) is 12.7. The van der Waals surface area contributed by atoms with Crippen molar-refractivity contribution < 1.29 is 9.53 Å². The van der Waals surface area contributed by atoms with Gasteiger partial charge in [-0.25, -0.2) is 9.78 Å². The molecule has 1 saturated carbocycles. The summed E-state index contributed by atoms with van der Waals surface area (Å²) in [5, 5.41) is 5.71. The van der Waals surface area contributed by atoms with Gasteiger partial charge in [-0.1, -0.05) is 0 Å². The van der Waals surface area contributed by atoms with E-state index in [9.17, 15) is 4.79 Å². The van der Waals surface area contributed by atoms with Gasteiger partial charge in [-0.2, -0.15) is 0 Å². The summed E-state index contributed by atoms with van der Waals surface area (Å²) >= 11 is 3.34. The van der Waals surface area contributed by atoms with Crippen LogP contribution >= 0.6 is 15.9 Å². The smallest absolute Gasteiger partial charge is 0.320 e. The van der Waals surface area contributed by atoms with Gasteiger partial charge in [0, 0.05) is 17.8 Å². The Morgan fingerprint density at radius 3 is 3.00 bits per heavy atom. The fourth-order valence-corrected chi connectivity index (χ4v) is 2.80. The number of pyridine rings is 1. The van der Waals surface area contributed by atoms with Gasteiger partial charge in [0.05, 0.1) is 12.1 Å². The first-order chi connectivity index (χ1) is 9.10. The molecule has 1 fully saturated rings. The lowest BCUT2D eigenvalue weighted by molar-refractivity contribution is 0.0882. The number of carbonyl (C=O) groups excluding carboxylic acids is 1. The lowest BCUT2D eigenvalue weighted by Crippen LogP contribution is -2.43. The maximum Gasteiger partial charge on any atom is 0.320 e. The number of nitrogens with zero attached hydrogens (tertiary/aromatic N) is 1. The van der Waals surface area contributed by atoms with Crippen molar-refractivity contribution in [2.75, 3.05) is 12.4 Å². The van der Waals surface area contributed by atoms with E-state index in [2.05, 4.69) is 31.5 Å². The Kier molecular flexibility index (Phi) is 4.76. The highest BCUT2D eigenvalue weighted by molar-refractivity contribution is 9.10. The Balaban J connectivity index is 1.94. The average Bonchev–Trinajstić information content (AvgIpc) is 2.80. The van der Waals surface area contributed by atoms with Crippen molar-refractivity contribution in [1.29, 1.82) is 0 Å². The first-order valence-corrected chi connectivity index (χ1v) is 7.12. The van der Waals surface area contributed by atoms with Crippen LogP contribution in [-0.2, 0) is 4.74 Å². The number of hydrogen-bond acceptors (Lipinski definition) is 3. The number of hydrogen-bond donors (Lipinski definition) is 2. The number of ether oxygens (including phenoxy) is 1. The number of nitrogens with one attached hydrogen (secondary N) is 2. The van der Waals surface area contributed by atoms with E-state index in [1.807, 2.05) is 13.0 Å². The van der Waals surface area contributed by atoms with Gasteiger partial charge in [-0.05, 0) is 53.7 Å². The number of aryl methyl sites for hydroxylation is 1. The van der Waals surface area contributed by atoms with E-state index in [4.69, 9.17) is 4.74 Å². The summed E-state index contributed by atoms with van der Waals surface area (Å²) in [6.45, 7) is 1.90. The second-order valence-corrected chi connectivity index (χ2v) is 5.64. The molecule has 2 amide bonds. The molecule has 2 rings (SSSR count). The number of amides is 2. The van der Waals surface area contributed by atoms with Gasteiger partial charge < -0.3 is 10.1 Å². The Hall–Kier alpha value is -1.14. The van der Waals surface area contributed by atoms with Crippen molar-refractivity contribution in [1.82, 2.24) is 10.3 Å². The third-order valence-corrected chi connectivity index (χ3v) is 3.78. The third kappa shape index (κ3) is 3.67. The zero-order chi connectivity index (χ0) is 13.8. The molecule has 0 radical (unpaired) electrons. The van der Waals surface area contributed by atoms with E-state index in [0.29, 0.717) is 5.82 Å². The molecule has 104 valence electrons. The van der Waals surface area contributed by atoms with Crippen molar-refractivity contribution >= 4 is 27.8 Å². The highest BCUT2D eigenvalue weighted by atomic mass is 79.9. The number of halogens is 1. The SMILES string of the molecule is CO[C@H]1CCC[C@@H]1NC(=O)Nc1ncc(Br)cc1C. The summed E-state index contributed by atoms with van der Waals surface area (Å²) in [6, 6.07) is 1.77. The summed E-state index contributed by atoms with van der Waals surface area (Å²) in [5.74, 6) is 0.577. The van der Waals surface area contributed by atoms with Crippen molar-refractivity contribution in [2.24, 2.45) is 0 Å². The molecule has 0 bridgehead atoms. The molecule has 1 heterocycles. The Morgan fingerprint density at radius 2 is 2.32 bits per heavy atom. The largest absolute Gasteiger partial charge is 0.379 e. The molecule has 19 heavy (non-hydrogen) atoms. The van der Waals surface area contributed by atoms with Crippen LogP contribution in [0.5, 0.6) is 0 Å². The summed E-state index contributed by atoms with van der Waals surface area (Å²) in [5.41, 5.74) is 0.916. The molecule has 0 saturated heterocycles. The van der Waals surface area contributed by atoms with Crippen LogP contribution in [0.15, 0.2) is 16.7 Å². The second kappa shape index (κ2) is 6.34. The van der Waals surface area contributed by atoms with Gasteiger partial charge in [0.2, 0.25) is 0 Å². The van der Waals surface area contributed by atoms with Crippen molar-refractivity contribution in [3.8, 4) is 0 Å². The van der Waals surface area contributed by atoms with Gasteiger partial charge in [-0.3, -0.25) is 5.32 Å². The lowest BCUT2D eigenvalue weighted by Gasteiger charge is -2.20. The first-order valence-electron chi connectivity index (χ1n) is 6.32. The second-order valence-electron chi connectivity index (χ2n) is 4.73. The van der Waals surface area contributed by atoms with E-state index >= 15 is 0 Å². The maximum absolute atomic E-state index is 11.9. The van der Waals surface area contributed by atoms with Crippen LogP contribution in [0, 0.1) is 6.92 Å². The standard InChI is InChI=1S/C13H18BrN3O2/c1-8-6-9(14)7-15-12(8)17-13(18)16-10-4-3-5-11(10)19-2/h6-7,10-11H,3-5H2,1-2H3,(H2,15,16,17,18)/t10-,11-/m0/s1. The first kappa shape index (κ1) is 14.3. The molecule has 0 unspecified atom stereocenters. The molecular weight excluding hydrogens is 310 g/mol. The van der Waals surface area contributed by atoms with Crippen LogP contribution in [0.2, 0.25) is 0 Å². The number of aromatic nitrogens is 1. The molecular formula is C13H18BrN3O2. The van der Waals surface area contributed by atoms with Crippen LogP contribution in [0.1, 0.15) is 24.8 Å². The molecule has 1 aliphatic rings. The normalized spacial score (nSPS) is 22.3. The molecule has 5 nitrogen and oxygen atoms in total. The topological polar surface area (TPSA) is 63.2 Å². The molecule has 2 N–H and O–H groups in total. The number of rotatable bonds is 3. The fourth-order valence-electron chi connectivity index (χ4n) is 2.36. The van der Waals surface area contributed by atoms with E-state index in [-0.39, 0.29) is 18.2 Å². The molecule has 0 aliphatic heterocycles. The van der Waals surface area contributed by atoms with Gasteiger partial charge in [0.1, 0.15) is 5.82 Å².